The standard InChI is InChI=1S/C15H21ClN4O2S/c1-10(2)9-20-13(18-19-15(20)23-3)5-4-8-17-14(21)11-6-7-12(16)22-11/h6-7,10H,4-5,8-9H2,1-3H3,(H,17,21). The van der Waals surface area contributed by atoms with Gasteiger partial charge in [-0.25, -0.2) is 0 Å². The lowest BCUT2D eigenvalue weighted by molar-refractivity contribution is 0.0925. The summed E-state index contributed by atoms with van der Waals surface area (Å²) < 4.78 is 7.22. The van der Waals surface area contributed by atoms with Crippen LogP contribution in [0.2, 0.25) is 5.22 Å². The van der Waals surface area contributed by atoms with Gasteiger partial charge in [0.15, 0.2) is 16.1 Å². The lowest BCUT2D eigenvalue weighted by Crippen LogP contribution is -2.24. The van der Waals surface area contributed by atoms with E-state index in [1.807, 2.05) is 6.26 Å². The minimum Gasteiger partial charge on any atom is -0.440 e. The molecule has 0 bridgehead atoms. The van der Waals surface area contributed by atoms with E-state index in [4.69, 9.17) is 16.0 Å². The van der Waals surface area contributed by atoms with E-state index >= 15 is 0 Å². The number of hydrogen-bond donors (Lipinski definition) is 1. The SMILES string of the molecule is CSc1nnc(CCCNC(=O)c2ccc(Cl)o2)n1CC(C)C. The second-order valence-electron chi connectivity index (χ2n) is 5.57. The molecule has 0 aliphatic carbocycles. The maximum absolute atomic E-state index is 11.8. The molecule has 1 N–H and O–H groups in total. The highest BCUT2D eigenvalue weighted by Gasteiger charge is 2.13. The molecule has 2 heterocycles. The fourth-order valence-corrected chi connectivity index (χ4v) is 2.84. The summed E-state index contributed by atoms with van der Waals surface area (Å²) in [6.45, 7) is 5.78. The first kappa shape index (κ1) is 17.9. The average molecular weight is 357 g/mol. The van der Waals surface area contributed by atoms with E-state index in [1.54, 1.807) is 23.9 Å². The van der Waals surface area contributed by atoms with Crippen LogP contribution in [0, 0.1) is 5.92 Å². The zero-order valence-electron chi connectivity index (χ0n) is 13.5. The molecule has 0 saturated carbocycles. The largest absolute Gasteiger partial charge is 0.440 e. The summed E-state index contributed by atoms with van der Waals surface area (Å²) in [4.78, 5) is 11.8. The zero-order valence-corrected chi connectivity index (χ0v) is 15.1. The van der Waals surface area contributed by atoms with Crippen LogP contribution in [0.4, 0.5) is 0 Å². The minimum atomic E-state index is -0.259. The topological polar surface area (TPSA) is 73.0 Å². The van der Waals surface area contributed by atoms with E-state index in [0.29, 0.717) is 12.5 Å². The van der Waals surface area contributed by atoms with E-state index in [2.05, 4.69) is 33.9 Å². The summed E-state index contributed by atoms with van der Waals surface area (Å²) in [5, 5.41) is 12.4. The quantitative estimate of drug-likeness (QED) is 0.580. The number of rotatable bonds is 8. The Balaban J connectivity index is 1.84. The van der Waals surface area contributed by atoms with Gasteiger partial charge in [-0.15, -0.1) is 10.2 Å². The summed E-state index contributed by atoms with van der Waals surface area (Å²) >= 11 is 7.25. The van der Waals surface area contributed by atoms with Crippen LogP contribution in [-0.4, -0.2) is 33.5 Å². The molecular formula is C15H21ClN4O2S. The van der Waals surface area contributed by atoms with Gasteiger partial charge >= 0.3 is 0 Å². The van der Waals surface area contributed by atoms with Gasteiger partial charge in [-0.3, -0.25) is 4.79 Å². The van der Waals surface area contributed by atoms with Gasteiger partial charge in [0.05, 0.1) is 0 Å². The fraction of sp³-hybridized carbons (Fsp3) is 0.533. The average Bonchev–Trinajstić information content (AvgIpc) is 3.09. The normalized spacial score (nSPS) is 11.2. The predicted octanol–water partition coefficient (Wildman–Crippen LogP) is 3.27. The number of nitrogens with one attached hydrogen (secondary N) is 1. The van der Waals surface area contributed by atoms with Crippen LogP contribution >= 0.6 is 23.4 Å². The second-order valence-corrected chi connectivity index (χ2v) is 6.72. The second kappa shape index (κ2) is 8.40. The van der Waals surface area contributed by atoms with Crippen molar-refractivity contribution in [1.29, 1.82) is 0 Å². The number of aryl methyl sites for hydroxylation is 1. The first-order chi connectivity index (χ1) is 11.0. The van der Waals surface area contributed by atoms with Gasteiger partial charge in [0.2, 0.25) is 0 Å². The van der Waals surface area contributed by atoms with Crippen molar-refractivity contribution in [2.45, 2.75) is 38.4 Å². The molecule has 0 aliphatic rings. The molecule has 0 atom stereocenters. The highest BCUT2D eigenvalue weighted by molar-refractivity contribution is 7.98. The van der Waals surface area contributed by atoms with Gasteiger partial charge in [0, 0.05) is 19.5 Å². The number of thioether (sulfide) groups is 1. The van der Waals surface area contributed by atoms with Crippen LogP contribution < -0.4 is 5.32 Å². The molecule has 23 heavy (non-hydrogen) atoms. The third-order valence-electron chi connectivity index (χ3n) is 3.18. The Hall–Kier alpha value is -1.47. The number of halogens is 1. The van der Waals surface area contributed by atoms with Crippen molar-refractivity contribution in [1.82, 2.24) is 20.1 Å². The van der Waals surface area contributed by atoms with Crippen molar-refractivity contribution in [3.63, 3.8) is 0 Å². The van der Waals surface area contributed by atoms with Crippen molar-refractivity contribution in [2.24, 2.45) is 5.92 Å². The Kier molecular flexibility index (Phi) is 6.53. The van der Waals surface area contributed by atoms with Crippen LogP contribution in [0.5, 0.6) is 0 Å². The van der Waals surface area contributed by atoms with Gasteiger partial charge in [-0.05, 0) is 42.3 Å². The highest BCUT2D eigenvalue weighted by atomic mass is 35.5. The summed E-state index contributed by atoms with van der Waals surface area (Å²) in [7, 11) is 0. The molecule has 0 aliphatic heterocycles. The molecule has 2 aromatic rings. The first-order valence-corrected chi connectivity index (χ1v) is 9.11. The van der Waals surface area contributed by atoms with E-state index in [1.165, 1.54) is 0 Å². The van der Waals surface area contributed by atoms with Crippen LogP contribution in [0.15, 0.2) is 21.7 Å². The van der Waals surface area contributed by atoms with E-state index < -0.39 is 0 Å². The third kappa shape index (κ3) is 5.00. The Bertz CT molecular complexity index is 654. The van der Waals surface area contributed by atoms with E-state index in [0.717, 1.165) is 30.4 Å². The van der Waals surface area contributed by atoms with Crippen LogP contribution in [-0.2, 0) is 13.0 Å². The molecule has 8 heteroatoms. The molecule has 126 valence electrons. The maximum Gasteiger partial charge on any atom is 0.287 e. The third-order valence-corrected chi connectivity index (χ3v) is 4.05. The summed E-state index contributed by atoms with van der Waals surface area (Å²) in [6, 6.07) is 3.11. The molecule has 1 amide bonds. The Morgan fingerprint density at radius 2 is 2.22 bits per heavy atom. The molecule has 0 fully saturated rings. The molecule has 2 aromatic heterocycles. The zero-order chi connectivity index (χ0) is 16.8. The van der Waals surface area contributed by atoms with Crippen molar-refractivity contribution in [3.05, 3.63) is 28.9 Å². The predicted molar refractivity (Wildman–Crippen MR) is 91.0 cm³/mol. The molecule has 0 aromatic carbocycles. The Labute approximate surface area is 145 Å². The first-order valence-electron chi connectivity index (χ1n) is 7.51. The number of hydrogen-bond acceptors (Lipinski definition) is 5. The number of carbonyl (C=O) groups excluding carboxylic acids is 1. The molecule has 6 nitrogen and oxygen atoms in total. The molecule has 2 rings (SSSR count). The van der Waals surface area contributed by atoms with Crippen molar-refractivity contribution >= 4 is 29.3 Å². The minimum absolute atomic E-state index is 0.210. The number of aromatic nitrogens is 3. The number of furan rings is 1. The summed E-state index contributed by atoms with van der Waals surface area (Å²) in [6.07, 6.45) is 3.55. The fourth-order valence-electron chi connectivity index (χ4n) is 2.18. The lowest BCUT2D eigenvalue weighted by atomic mass is 10.2. The molecule has 0 radical (unpaired) electrons. The summed E-state index contributed by atoms with van der Waals surface area (Å²) in [5.74, 6) is 1.45. The number of amides is 1. The van der Waals surface area contributed by atoms with Crippen LogP contribution in [0.25, 0.3) is 0 Å². The molecule has 0 unspecified atom stereocenters. The van der Waals surface area contributed by atoms with Gasteiger partial charge in [-0.2, -0.15) is 0 Å². The molecule has 0 saturated heterocycles. The molecular weight excluding hydrogens is 336 g/mol. The highest BCUT2D eigenvalue weighted by Crippen LogP contribution is 2.17. The van der Waals surface area contributed by atoms with Gasteiger partial charge in [-0.1, -0.05) is 25.6 Å². The van der Waals surface area contributed by atoms with E-state index in [-0.39, 0.29) is 16.9 Å². The van der Waals surface area contributed by atoms with Crippen molar-refractivity contribution in [3.8, 4) is 0 Å². The Morgan fingerprint density at radius 1 is 1.43 bits per heavy atom. The van der Waals surface area contributed by atoms with Gasteiger partial charge in [0.1, 0.15) is 5.82 Å². The Morgan fingerprint density at radius 3 is 2.83 bits per heavy atom. The maximum atomic E-state index is 11.8. The van der Waals surface area contributed by atoms with Crippen LogP contribution in [0.1, 0.15) is 36.6 Å². The van der Waals surface area contributed by atoms with Crippen LogP contribution in [0.3, 0.4) is 0 Å². The lowest BCUT2D eigenvalue weighted by Gasteiger charge is -2.11. The van der Waals surface area contributed by atoms with E-state index in [9.17, 15) is 4.79 Å². The van der Waals surface area contributed by atoms with Gasteiger partial charge < -0.3 is 14.3 Å². The number of nitrogens with zero attached hydrogens (tertiary/aromatic N) is 3. The van der Waals surface area contributed by atoms with Gasteiger partial charge in [0.25, 0.3) is 5.91 Å². The summed E-state index contributed by atoms with van der Waals surface area (Å²) in [5.41, 5.74) is 0. The molecule has 0 spiro atoms. The smallest absolute Gasteiger partial charge is 0.287 e. The van der Waals surface area contributed by atoms with Crippen molar-refractivity contribution < 1.29 is 9.21 Å². The monoisotopic (exact) mass is 356 g/mol. The number of carbonyl (C=O) groups is 1. The van der Waals surface area contributed by atoms with Crippen molar-refractivity contribution in [2.75, 3.05) is 12.8 Å².